The van der Waals surface area contributed by atoms with E-state index in [1.165, 1.54) is 0 Å². The van der Waals surface area contributed by atoms with Crippen LogP contribution in [0.25, 0.3) is 0 Å². The number of benzene rings is 1. The molecule has 19 heavy (non-hydrogen) atoms. The number of amides is 1. The monoisotopic (exact) mass is 263 g/mol. The molecule has 1 aromatic carbocycles. The van der Waals surface area contributed by atoms with E-state index in [-0.39, 0.29) is 5.91 Å². The predicted molar refractivity (Wildman–Crippen MR) is 74.0 cm³/mol. The molecular formula is C15H21NO3. The third kappa shape index (κ3) is 3.00. The Hall–Kier alpha value is -1.71. The Morgan fingerprint density at radius 2 is 1.89 bits per heavy atom. The lowest BCUT2D eigenvalue weighted by molar-refractivity contribution is 0.0791. The number of rotatable bonds is 4. The largest absolute Gasteiger partial charge is 0.486 e. The number of ether oxygens (including phenoxy) is 2. The van der Waals surface area contributed by atoms with Crippen LogP contribution < -0.4 is 9.47 Å². The molecule has 2 rings (SSSR count). The summed E-state index contributed by atoms with van der Waals surface area (Å²) >= 11 is 0. The summed E-state index contributed by atoms with van der Waals surface area (Å²) < 4.78 is 11.0. The van der Waals surface area contributed by atoms with Gasteiger partial charge in [0.15, 0.2) is 11.5 Å². The van der Waals surface area contributed by atoms with Gasteiger partial charge in [-0.2, -0.15) is 0 Å². The number of hydrogen-bond donors (Lipinski definition) is 0. The fourth-order valence-electron chi connectivity index (χ4n) is 2.12. The Kier molecular flexibility index (Phi) is 4.30. The van der Waals surface area contributed by atoms with Crippen LogP contribution in [0.2, 0.25) is 0 Å². The van der Waals surface area contributed by atoms with E-state index in [4.69, 9.17) is 9.47 Å². The van der Waals surface area contributed by atoms with E-state index < -0.39 is 0 Å². The second-order valence-corrected chi connectivity index (χ2v) is 4.89. The van der Waals surface area contributed by atoms with Gasteiger partial charge in [0.25, 0.3) is 5.91 Å². The van der Waals surface area contributed by atoms with Crippen LogP contribution in [0.4, 0.5) is 0 Å². The summed E-state index contributed by atoms with van der Waals surface area (Å²) in [4.78, 5) is 14.2. The maximum absolute atomic E-state index is 12.4. The minimum Gasteiger partial charge on any atom is -0.486 e. The van der Waals surface area contributed by atoms with Crippen LogP contribution in [0.1, 0.15) is 35.7 Å². The fourth-order valence-corrected chi connectivity index (χ4v) is 2.12. The topological polar surface area (TPSA) is 38.8 Å². The van der Waals surface area contributed by atoms with Gasteiger partial charge < -0.3 is 14.4 Å². The smallest absolute Gasteiger partial charge is 0.254 e. The summed E-state index contributed by atoms with van der Waals surface area (Å²) in [5.41, 5.74) is 1.63. The molecule has 4 nitrogen and oxygen atoms in total. The number of fused-ring (bicyclic) bond motifs is 1. The lowest BCUT2D eigenvalue weighted by Crippen LogP contribution is -2.28. The molecule has 0 radical (unpaired) electrons. The van der Waals surface area contributed by atoms with Crippen LogP contribution >= 0.6 is 0 Å². The molecule has 1 aliphatic heterocycles. The van der Waals surface area contributed by atoms with Gasteiger partial charge in [-0.1, -0.05) is 13.3 Å². The normalized spacial score (nSPS) is 13.2. The highest BCUT2D eigenvalue weighted by Crippen LogP contribution is 2.33. The van der Waals surface area contributed by atoms with E-state index in [0.717, 1.165) is 30.7 Å². The highest BCUT2D eigenvalue weighted by atomic mass is 16.6. The van der Waals surface area contributed by atoms with Crippen molar-refractivity contribution >= 4 is 5.91 Å². The summed E-state index contributed by atoms with van der Waals surface area (Å²) in [5.74, 6) is 1.45. The molecule has 0 spiro atoms. The number of carbonyl (C=O) groups is 1. The number of nitrogens with zero attached hydrogens (tertiary/aromatic N) is 1. The summed E-state index contributed by atoms with van der Waals surface area (Å²) in [6, 6.07) is 3.68. The molecule has 1 heterocycles. The first-order valence-electron chi connectivity index (χ1n) is 6.79. The molecule has 0 unspecified atom stereocenters. The van der Waals surface area contributed by atoms with Crippen LogP contribution in [0.15, 0.2) is 12.1 Å². The zero-order valence-corrected chi connectivity index (χ0v) is 11.9. The minimum absolute atomic E-state index is 0.0444. The maximum Gasteiger partial charge on any atom is 0.254 e. The van der Waals surface area contributed by atoms with Gasteiger partial charge in [0, 0.05) is 19.2 Å². The van der Waals surface area contributed by atoms with Gasteiger partial charge in [0.05, 0.1) is 0 Å². The average molecular weight is 263 g/mol. The van der Waals surface area contributed by atoms with Crippen molar-refractivity contribution < 1.29 is 14.3 Å². The summed E-state index contributed by atoms with van der Waals surface area (Å²) in [7, 11) is 1.84. The number of aryl methyl sites for hydroxylation is 1. The SMILES string of the molecule is CCCCN(C)C(=O)c1cc2c(cc1C)OCCO2. The number of unbranched alkanes of at least 4 members (excludes halogenated alkanes) is 1. The molecule has 0 saturated heterocycles. The predicted octanol–water partition coefficient (Wildman–Crippen LogP) is 2.64. The van der Waals surface area contributed by atoms with Crippen molar-refractivity contribution in [2.24, 2.45) is 0 Å². The molecular weight excluding hydrogens is 242 g/mol. The van der Waals surface area contributed by atoms with Gasteiger partial charge >= 0.3 is 0 Å². The van der Waals surface area contributed by atoms with Crippen molar-refractivity contribution in [1.82, 2.24) is 4.90 Å². The first-order valence-corrected chi connectivity index (χ1v) is 6.79. The van der Waals surface area contributed by atoms with Crippen LogP contribution in [0.3, 0.4) is 0 Å². The van der Waals surface area contributed by atoms with E-state index in [1.807, 2.05) is 20.0 Å². The van der Waals surface area contributed by atoms with E-state index >= 15 is 0 Å². The van der Waals surface area contributed by atoms with Crippen molar-refractivity contribution in [3.63, 3.8) is 0 Å². The zero-order valence-electron chi connectivity index (χ0n) is 11.9. The second-order valence-electron chi connectivity index (χ2n) is 4.89. The summed E-state index contributed by atoms with van der Waals surface area (Å²) in [5, 5.41) is 0. The highest BCUT2D eigenvalue weighted by molar-refractivity contribution is 5.96. The molecule has 0 saturated carbocycles. The molecule has 1 amide bonds. The Morgan fingerprint density at radius 1 is 1.26 bits per heavy atom. The quantitative estimate of drug-likeness (QED) is 0.838. The van der Waals surface area contributed by atoms with Crippen LogP contribution in [0, 0.1) is 6.92 Å². The van der Waals surface area contributed by atoms with E-state index in [0.29, 0.717) is 24.5 Å². The van der Waals surface area contributed by atoms with Gasteiger partial charge in [-0.15, -0.1) is 0 Å². The molecule has 0 fully saturated rings. The van der Waals surface area contributed by atoms with Crippen molar-refractivity contribution in [2.45, 2.75) is 26.7 Å². The molecule has 0 bridgehead atoms. The molecule has 0 atom stereocenters. The minimum atomic E-state index is 0.0444. The Morgan fingerprint density at radius 3 is 2.53 bits per heavy atom. The molecule has 4 heteroatoms. The lowest BCUT2D eigenvalue weighted by Gasteiger charge is -2.22. The van der Waals surface area contributed by atoms with Gasteiger partial charge in [0.2, 0.25) is 0 Å². The first-order chi connectivity index (χ1) is 9.13. The third-order valence-corrected chi connectivity index (χ3v) is 3.31. The van der Waals surface area contributed by atoms with Gasteiger partial charge in [-0.05, 0) is 31.0 Å². The van der Waals surface area contributed by atoms with Crippen molar-refractivity contribution in [1.29, 1.82) is 0 Å². The van der Waals surface area contributed by atoms with E-state index in [9.17, 15) is 4.79 Å². The standard InChI is InChI=1S/C15H21NO3/c1-4-5-6-16(3)15(17)12-10-14-13(9-11(12)2)18-7-8-19-14/h9-10H,4-8H2,1-3H3. The molecule has 0 aromatic heterocycles. The van der Waals surface area contributed by atoms with Crippen molar-refractivity contribution in [2.75, 3.05) is 26.8 Å². The van der Waals surface area contributed by atoms with E-state index in [2.05, 4.69) is 6.92 Å². The summed E-state index contributed by atoms with van der Waals surface area (Å²) in [6.45, 7) is 5.93. The first kappa shape index (κ1) is 13.7. The van der Waals surface area contributed by atoms with Crippen LogP contribution in [-0.2, 0) is 0 Å². The summed E-state index contributed by atoms with van der Waals surface area (Å²) in [6.07, 6.45) is 2.10. The van der Waals surface area contributed by atoms with Gasteiger partial charge in [0.1, 0.15) is 13.2 Å². The lowest BCUT2D eigenvalue weighted by atomic mass is 10.1. The number of hydrogen-bond acceptors (Lipinski definition) is 3. The van der Waals surface area contributed by atoms with Crippen LogP contribution in [0.5, 0.6) is 11.5 Å². The Bertz CT molecular complexity index is 471. The van der Waals surface area contributed by atoms with Gasteiger partial charge in [-0.25, -0.2) is 0 Å². The molecule has 104 valence electrons. The highest BCUT2D eigenvalue weighted by Gasteiger charge is 2.19. The van der Waals surface area contributed by atoms with Crippen LogP contribution in [-0.4, -0.2) is 37.6 Å². The molecule has 0 aliphatic carbocycles. The van der Waals surface area contributed by atoms with Crippen molar-refractivity contribution in [3.8, 4) is 11.5 Å². The fraction of sp³-hybridized carbons (Fsp3) is 0.533. The third-order valence-electron chi connectivity index (χ3n) is 3.31. The Balaban J connectivity index is 2.21. The van der Waals surface area contributed by atoms with Crippen molar-refractivity contribution in [3.05, 3.63) is 23.3 Å². The number of carbonyl (C=O) groups excluding carboxylic acids is 1. The molecule has 0 N–H and O–H groups in total. The Labute approximate surface area is 114 Å². The average Bonchev–Trinajstić information content (AvgIpc) is 2.43. The second kappa shape index (κ2) is 5.95. The van der Waals surface area contributed by atoms with Gasteiger partial charge in [-0.3, -0.25) is 4.79 Å². The van der Waals surface area contributed by atoms with E-state index in [1.54, 1.807) is 11.0 Å². The molecule has 1 aliphatic rings. The maximum atomic E-state index is 12.4. The zero-order chi connectivity index (χ0) is 13.8. The molecule has 1 aromatic rings.